The maximum Gasteiger partial charge on any atom is 0.224 e. The van der Waals surface area contributed by atoms with Crippen LogP contribution in [-0.2, 0) is 11.2 Å². The van der Waals surface area contributed by atoms with Gasteiger partial charge in [-0.3, -0.25) is 4.79 Å². The van der Waals surface area contributed by atoms with E-state index in [1.54, 1.807) is 0 Å². The average molecular weight is 361 g/mol. The van der Waals surface area contributed by atoms with Crippen LogP contribution in [-0.4, -0.2) is 47.9 Å². The molecule has 0 spiro atoms. The Morgan fingerprint density at radius 3 is 2.63 bits per heavy atom. The van der Waals surface area contributed by atoms with Crippen molar-refractivity contribution in [3.63, 3.8) is 0 Å². The number of H-pyrrole nitrogens is 1. The number of rotatable bonds is 4. The van der Waals surface area contributed by atoms with Gasteiger partial charge in [0.2, 0.25) is 5.91 Å². The fourth-order valence-corrected chi connectivity index (χ4v) is 4.07. The molecule has 0 aliphatic carbocycles. The summed E-state index contributed by atoms with van der Waals surface area (Å²) in [6.07, 6.45) is 1.44. The molecule has 27 heavy (non-hydrogen) atoms. The van der Waals surface area contributed by atoms with Crippen LogP contribution in [0.3, 0.4) is 0 Å². The van der Waals surface area contributed by atoms with Gasteiger partial charge in [0.05, 0.1) is 6.04 Å². The summed E-state index contributed by atoms with van der Waals surface area (Å²) < 4.78 is 0. The second-order valence-corrected chi connectivity index (χ2v) is 7.77. The molecular weight excluding hydrogens is 334 g/mol. The maximum absolute atomic E-state index is 13.1. The molecule has 0 radical (unpaired) electrons. The number of hydrogen-bond acceptors (Lipinski definition) is 2. The number of aromatic amines is 1. The predicted octanol–water partition coefficient (Wildman–Crippen LogP) is 3.90. The zero-order valence-electron chi connectivity index (χ0n) is 16.3. The number of nitrogens with zero attached hydrogens (tertiary/aromatic N) is 2. The molecule has 4 heteroatoms. The van der Waals surface area contributed by atoms with Crippen molar-refractivity contribution in [3.8, 4) is 0 Å². The van der Waals surface area contributed by atoms with E-state index in [-0.39, 0.29) is 11.9 Å². The van der Waals surface area contributed by atoms with Crippen molar-refractivity contribution < 1.29 is 4.79 Å². The summed E-state index contributed by atoms with van der Waals surface area (Å²) in [5.74, 6) is 0.221. The molecule has 4 rings (SSSR count). The van der Waals surface area contributed by atoms with Crippen molar-refractivity contribution in [1.29, 1.82) is 0 Å². The van der Waals surface area contributed by atoms with E-state index in [1.165, 1.54) is 27.8 Å². The van der Waals surface area contributed by atoms with E-state index >= 15 is 0 Å². The lowest BCUT2D eigenvalue weighted by Crippen LogP contribution is -2.41. The van der Waals surface area contributed by atoms with E-state index in [9.17, 15) is 4.79 Å². The number of para-hydroxylation sites is 1. The number of carbonyl (C=O) groups excluding carboxylic acids is 1. The van der Waals surface area contributed by atoms with Gasteiger partial charge in [0.15, 0.2) is 0 Å². The van der Waals surface area contributed by atoms with Crippen LogP contribution in [0.1, 0.15) is 34.8 Å². The molecule has 2 aromatic carbocycles. The topological polar surface area (TPSA) is 39.3 Å². The fraction of sp³-hybridized carbons (Fsp3) is 0.348. The third-order valence-electron chi connectivity index (χ3n) is 5.52. The molecule has 2 heterocycles. The first-order chi connectivity index (χ1) is 13.0. The van der Waals surface area contributed by atoms with Crippen LogP contribution >= 0.6 is 0 Å². The zero-order valence-corrected chi connectivity index (χ0v) is 16.3. The van der Waals surface area contributed by atoms with Gasteiger partial charge in [0, 0.05) is 36.1 Å². The van der Waals surface area contributed by atoms with E-state index in [4.69, 9.17) is 0 Å². The molecule has 0 saturated heterocycles. The van der Waals surface area contributed by atoms with Crippen molar-refractivity contribution >= 4 is 16.8 Å². The van der Waals surface area contributed by atoms with Crippen molar-refractivity contribution in [2.45, 2.75) is 25.8 Å². The number of nitrogens with one attached hydrogen (secondary N) is 1. The van der Waals surface area contributed by atoms with Crippen LogP contribution in [0.4, 0.5) is 0 Å². The molecular formula is C23H27N3O. The van der Waals surface area contributed by atoms with Crippen molar-refractivity contribution in [1.82, 2.24) is 14.8 Å². The lowest BCUT2D eigenvalue weighted by Gasteiger charge is -2.36. The molecule has 140 valence electrons. The molecule has 3 aromatic rings. The second-order valence-electron chi connectivity index (χ2n) is 7.77. The maximum atomic E-state index is 13.1. The minimum absolute atomic E-state index is 0.0450. The van der Waals surface area contributed by atoms with Crippen LogP contribution in [0.2, 0.25) is 0 Å². The molecule has 0 bridgehead atoms. The summed E-state index contributed by atoms with van der Waals surface area (Å²) in [4.78, 5) is 20.8. The largest absolute Gasteiger partial charge is 0.356 e. The zero-order chi connectivity index (χ0) is 19.0. The van der Waals surface area contributed by atoms with Crippen molar-refractivity contribution in [2.24, 2.45) is 0 Å². The number of carbonyl (C=O) groups is 1. The Hall–Kier alpha value is -2.59. The smallest absolute Gasteiger partial charge is 0.224 e. The Labute approximate surface area is 160 Å². The van der Waals surface area contributed by atoms with E-state index in [1.807, 2.05) is 14.1 Å². The summed E-state index contributed by atoms with van der Waals surface area (Å²) in [5.41, 5.74) is 6.09. The normalized spacial score (nSPS) is 16.7. The van der Waals surface area contributed by atoms with Crippen LogP contribution in [0.15, 0.2) is 48.5 Å². The molecule has 1 N–H and O–H groups in total. The van der Waals surface area contributed by atoms with Crippen LogP contribution in [0, 0.1) is 6.92 Å². The molecule has 1 amide bonds. The van der Waals surface area contributed by atoms with Gasteiger partial charge in [-0.05, 0) is 44.6 Å². The molecule has 0 saturated carbocycles. The van der Waals surface area contributed by atoms with Crippen molar-refractivity contribution in [2.75, 3.05) is 27.2 Å². The number of aromatic nitrogens is 1. The Bertz CT molecular complexity index is 955. The highest BCUT2D eigenvalue weighted by Crippen LogP contribution is 2.38. The third-order valence-corrected chi connectivity index (χ3v) is 5.52. The van der Waals surface area contributed by atoms with Gasteiger partial charge >= 0.3 is 0 Å². The van der Waals surface area contributed by atoms with E-state index in [0.29, 0.717) is 6.42 Å². The van der Waals surface area contributed by atoms with Gasteiger partial charge < -0.3 is 14.8 Å². The van der Waals surface area contributed by atoms with Crippen LogP contribution in [0.5, 0.6) is 0 Å². The summed E-state index contributed by atoms with van der Waals surface area (Å²) in [6, 6.07) is 17.0. The fourth-order valence-electron chi connectivity index (χ4n) is 4.07. The Morgan fingerprint density at radius 2 is 1.89 bits per heavy atom. The van der Waals surface area contributed by atoms with Gasteiger partial charge in [0.25, 0.3) is 0 Å². The van der Waals surface area contributed by atoms with Crippen molar-refractivity contribution in [3.05, 3.63) is 70.9 Å². The number of amides is 1. The lowest BCUT2D eigenvalue weighted by molar-refractivity contribution is -0.133. The highest BCUT2D eigenvalue weighted by atomic mass is 16.2. The predicted molar refractivity (Wildman–Crippen MR) is 110 cm³/mol. The first-order valence-corrected chi connectivity index (χ1v) is 9.65. The Balaban J connectivity index is 1.78. The highest BCUT2D eigenvalue weighted by molar-refractivity contribution is 5.86. The SMILES string of the molecule is Cc1ccc(C2c3[nH]c4ccccc4c3CCN2C(=O)CCN(C)C)cc1. The number of aryl methyl sites for hydroxylation is 1. The monoisotopic (exact) mass is 361 g/mol. The molecule has 1 aliphatic heterocycles. The highest BCUT2D eigenvalue weighted by Gasteiger charge is 2.34. The third kappa shape index (κ3) is 3.37. The molecule has 1 aliphatic rings. The standard InChI is InChI=1S/C23H27N3O/c1-16-8-10-17(11-9-16)23-22-19(18-6-4-5-7-20(18)24-22)12-15-26(23)21(27)13-14-25(2)3/h4-11,23-24H,12-15H2,1-3H3. The molecule has 4 nitrogen and oxygen atoms in total. The summed E-state index contributed by atoms with van der Waals surface area (Å²) in [5, 5.41) is 1.28. The van der Waals surface area contributed by atoms with Gasteiger partial charge in [0.1, 0.15) is 0 Å². The van der Waals surface area contributed by atoms with E-state index < -0.39 is 0 Å². The number of hydrogen-bond donors (Lipinski definition) is 1. The first kappa shape index (κ1) is 17.8. The summed E-state index contributed by atoms with van der Waals surface area (Å²) in [7, 11) is 4.02. The number of fused-ring (bicyclic) bond motifs is 3. The molecule has 0 fully saturated rings. The van der Waals surface area contributed by atoms with E-state index in [0.717, 1.165) is 25.0 Å². The van der Waals surface area contributed by atoms with Gasteiger partial charge in [-0.2, -0.15) is 0 Å². The molecule has 1 aromatic heterocycles. The van der Waals surface area contributed by atoms with Gasteiger partial charge in [-0.15, -0.1) is 0 Å². The van der Waals surface area contributed by atoms with E-state index in [2.05, 4.69) is 70.2 Å². The van der Waals surface area contributed by atoms with Crippen LogP contribution < -0.4 is 0 Å². The summed E-state index contributed by atoms with van der Waals surface area (Å²) in [6.45, 7) is 3.63. The Morgan fingerprint density at radius 1 is 1.15 bits per heavy atom. The quantitative estimate of drug-likeness (QED) is 0.765. The first-order valence-electron chi connectivity index (χ1n) is 9.65. The Kier molecular flexibility index (Phi) is 4.75. The molecule has 1 unspecified atom stereocenters. The second kappa shape index (κ2) is 7.20. The minimum atomic E-state index is -0.0450. The van der Waals surface area contributed by atoms with Crippen LogP contribution in [0.25, 0.3) is 10.9 Å². The average Bonchev–Trinajstić information content (AvgIpc) is 3.05. The minimum Gasteiger partial charge on any atom is -0.356 e. The molecule has 1 atom stereocenters. The van der Waals surface area contributed by atoms with Gasteiger partial charge in [-0.25, -0.2) is 0 Å². The summed E-state index contributed by atoms with van der Waals surface area (Å²) >= 11 is 0. The van der Waals surface area contributed by atoms with Gasteiger partial charge in [-0.1, -0.05) is 48.0 Å². The lowest BCUT2D eigenvalue weighted by atomic mass is 9.91. The number of benzene rings is 2.